The van der Waals surface area contributed by atoms with Crippen molar-refractivity contribution in [2.75, 3.05) is 4.72 Å². The molecular formula is C12H8Cl2FNO2S. The Morgan fingerprint density at radius 1 is 1.00 bits per heavy atom. The van der Waals surface area contributed by atoms with Crippen molar-refractivity contribution in [3.63, 3.8) is 0 Å². The number of benzene rings is 2. The van der Waals surface area contributed by atoms with Gasteiger partial charge < -0.3 is 0 Å². The molecule has 0 unspecified atom stereocenters. The number of nitrogens with one attached hydrogen (secondary N) is 1. The van der Waals surface area contributed by atoms with Gasteiger partial charge in [0.05, 0.1) is 5.69 Å². The van der Waals surface area contributed by atoms with Gasteiger partial charge in [-0.3, -0.25) is 4.72 Å². The molecule has 7 heteroatoms. The van der Waals surface area contributed by atoms with E-state index in [2.05, 4.69) is 4.72 Å². The van der Waals surface area contributed by atoms with Crippen LogP contribution >= 0.6 is 23.2 Å². The zero-order chi connectivity index (χ0) is 14.0. The fraction of sp³-hybridized carbons (Fsp3) is 0. The van der Waals surface area contributed by atoms with Crippen molar-refractivity contribution in [1.29, 1.82) is 0 Å². The van der Waals surface area contributed by atoms with Crippen LogP contribution in [-0.4, -0.2) is 8.42 Å². The van der Waals surface area contributed by atoms with Crippen molar-refractivity contribution >= 4 is 38.9 Å². The molecule has 0 amide bonds. The number of anilines is 1. The SMILES string of the molecule is O=S(=O)(Nc1cccc(Cl)c1)c1ccc(Cl)cc1F. The number of hydrogen-bond acceptors (Lipinski definition) is 2. The van der Waals surface area contributed by atoms with Gasteiger partial charge in [-0.1, -0.05) is 29.3 Å². The predicted octanol–water partition coefficient (Wildman–Crippen LogP) is 3.93. The first kappa shape index (κ1) is 14.1. The van der Waals surface area contributed by atoms with Gasteiger partial charge in [-0.25, -0.2) is 12.8 Å². The Hall–Kier alpha value is -1.30. The lowest BCUT2D eigenvalue weighted by Gasteiger charge is -2.09. The quantitative estimate of drug-likeness (QED) is 0.931. The summed E-state index contributed by atoms with van der Waals surface area (Å²) in [6, 6.07) is 9.46. The van der Waals surface area contributed by atoms with Gasteiger partial charge in [0.2, 0.25) is 0 Å². The summed E-state index contributed by atoms with van der Waals surface area (Å²) in [4.78, 5) is -0.475. The van der Waals surface area contributed by atoms with Crippen LogP contribution in [0.1, 0.15) is 0 Å². The molecule has 0 radical (unpaired) electrons. The summed E-state index contributed by atoms with van der Waals surface area (Å²) in [6.45, 7) is 0. The molecule has 0 heterocycles. The van der Waals surface area contributed by atoms with Crippen LogP contribution in [0.25, 0.3) is 0 Å². The molecule has 2 rings (SSSR count). The highest BCUT2D eigenvalue weighted by atomic mass is 35.5. The maximum atomic E-state index is 13.6. The monoisotopic (exact) mass is 319 g/mol. The summed E-state index contributed by atoms with van der Waals surface area (Å²) >= 11 is 11.3. The van der Waals surface area contributed by atoms with Crippen LogP contribution in [-0.2, 0) is 10.0 Å². The molecule has 0 aliphatic heterocycles. The molecule has 2 aromatic carbocycles. The Balaban J connectivity index is 2.38. The summed E-state index contributed by atoms with van der Waals surface area (Å²) in [5.41, 5.74) is 0.252. The van der Waals surface area contributed by atoms with Crippen molar-refractivity contribution < 1.29 is 12.8 Å². The normalized spacial score (nSPS) is 11.3. The van der Waals surface area contributed by atoms with E-state index in [1.807, 2.05) is 0 Å². The minimum atomic E-state index is -4.02. The average Bonchev–Trinajstić information content (AvgIpc) is 2.27. The van der Waals surface area contributed by atoms with Crippen molar-refractivity contribution in [2.24, 2.45) is 0 Å². The minimum absolute atomic E-state index is 0.124. The van der Waals surface area contributed by atoms with Gasteiger partial charge in [0.1, 0.15) is 10.7 Å². The molecule has 0 fully saturated rings. The first-order valence-corrected chi connectivity index (χ1v) is 7.36. The van der Waals surface area contributed by atoms with E-state index in [9.17, 15) is 12.8 Å². The van der Waals surface area contributed by atoms with Crippen molar-refractivity contribution in [2.45, 2.75) is 4.90 Å². The Bertz CT molecular complexity index is 719. The first-order chi connectivity index (χ1) is 8.88. The molecule has 19 heavy (non-hydrogen) atoms. The molecule has 3 nitrogen and oxygen atoms in total. The maximum Gasteiger partial charge on any atom is 0.264 e. The second-order valence-corrected chi connectivity index (χ2v) is 6.21. The molecule has 0 saturated heterocycles. The molecule has 0 aliphatic rings. The van der Waals surface area contributed by atoms with Gasteiger partial charge >= 0.3 is 0 Å². The lowest BCUT2D eigenvalue weighted by atomic mass is 10.3. The molecule has 2 aromatic rings. The number of rotatable bonds is 3. The molecule has 0 spiro atoms. The zero-order valence-electron chi connectivity index (χ0n) is 9.40. The van der Waals surface area contributed by atoms with Gasteiger partial charge in [-0.2, -0.15) is 0 Å². The average molecular weight is 320 g/mol. The minimum Gasteiger partial charge on any atom is -0.279 e. The van der Waals surface area contributed by atoms with Crippen LogP contribution in [0, 0.1) is 5.82 Å². The second kappa shape index (κ2) is 5.36. The largest absolute Gasteiger partial charge is 0.279 e. The van der Waals surface area contributed by atoms with Crippen LogP contribution in [0.2, 0.25) is 10.0 Å². The second-order valence-electron chi connectivity index (χ2n) is 3.69. The maximum absolute atomic E-state index is 13.6. The van der Waals surface area contributed by atoms with E-state index in [0.717, 1.165) is 12.1 Å². The number of sulfonamides is 1. The van der Waals surface area contributed by atoms with E-state index >= 15 is 0 Å². The van der Waals surface area contributed by atoms with Gasteiger partial charge in [0, 0.05) is 10.0 Å². The zero-order valence-corrected chi connectivity index (χ0v) is 11.7. The third-order valence-electron chi connectivity index (χ3n) is 2.26. The molecule has 0 aromatic heterocycles. The van der Waals surface area contributed by atoms with Gasteiger partial charge in [-0.15, -0.1) is 0 Å². The van der Waals surface area contributed by atoms with Crippen molar-refractivity contribution in [1.82, 2.24) is 0 Å². The van der Waals surface area contributed by atoms with Gasteiger partial charge in [-0.05, 0) is 36.4 Å². The fourth-order valence-electron chi connectivity index (χ4n) is 1.46. The lowest BCUT2D eigenvalue weighted by molar-refractivity contribution is 0.570. The number of hydrogen-bond donors (Lipinski definition) is 1. The molecule has 100 valence electrons. The standard InChI is InChI=1S/C12H8Cl2FNO2S/c13-8-2-1-3-10(6-8)16-19(17,18)12-5-4-9(14)7-11(12)15/h1-7,16H. The first-order valence-electron chi connectivity index (χ1n) is 5.12. The lowest BCUT2D eigenvalue weighted by Crippen LogP contribution is -2.14. The van der Waals surface area contributed by atoms with E-state index in [4.69, 9.17) is 23.2 Å². The third-order valence-corrected chi connectivity index (χ3v) is 4.15. The molecule has 1 N–H and O–H groups in total. The Kier molecular flexibility index (Phi) is 3.99. The molecule has 0 saturated carbocycles. The predicted molar refractivity (Wildman–Crippen MR) is 73.7 cm³/mol. The Labute approximate surface area is 120 Å². The Morgan fingerprint density at radius 3 is 2.32 bits per heavy atom. The van der Waals surface area contributed by atoms with Crippen LogP contribution in [0.3, 0.4) is 0 Å². The van der Waals surface area contributed by atoms with Gasteiger partial charge in [0.25, 0.3) is 10.0 Å². The van der Waals surface area contributed by atoms with Gasteiger partial charge in [0.15, 0.2) is 0 Å². The third kappa shape index (κ3) is 3.37. The van der Waals surface area contributed by atoms with Crippen LogP contribution in [0.15, 0.2) is 47.4 Å². The summed E-state index contributed by atoms with van der Waals surface area (Å²) in [6.07, 6.45) is 0. The van der Waals surface area contributed by atoms with Crippen molar-refractivity contribution in [3.8, 4) is 0 Å². The van der Waals surface area contributed by atoms with E-state index in [-0.39, 0.29) is 10.7 Å². The van der Waals surface area contributed by atoms with Crippen LogP contribution in [0.4, 0.5) is 10.1 Å². The van der Waals surface area contributed by atoms with Crippen molar-refractivity contribution in [3.05, 3.63) is 58.3 Å². The van der Waals surface area contributed by atoms with E-state index in [1.54, 1.807) is 12.1 Å². The molecule has 0 aliphatic carbocycles. The summed E-state index contributed by atoms with van der Waals surface area (Å²) in [7, 11) is -4.02. The summed E-state index contributed by atoms with van der Waals surface area (Å²) in [5.74, 6) is -0.915. The summed E-state index contributed by atoms with van der Waals surface area (Å²) < 4.78 is 39.9. The molecule has 0 atom stereocenters. The highest BCUT2D eigenvalue weighted by Crippen LogP contribution is 2.23. The molecular weight excluding hydrogens is 312 g/mol. The Morgan fingerprint density at radius 2 is 1.68 bits per heavy atom. The van der Waals surface area contributed by atoms with Crippen LogP contribution < -0.4 is 4.72 Å². The highest BCUT2D eigenvalue weighted by Gasteiger charge is 2.19. The number of halogens is 3. The molecule has 0 bridgehead atoms. The van der Waals surface area contributed by atoms with Crippen LogP contribution in [0.5, 0.6) is 0 Å². The van der Waals surface area contributed by atoms with E-state index < -0.39 is 20.7 Å². The van der Waals surface area contributed by atoms with E-state index in [0.29, 0.717) is 5.02 Å². The smallest absolute Gasteiger partial charge is 0.264 e. The topological polar surface area (TPSA) is 46.2 Å². The fourth-order valence-corrected chi connectivity index (χ4v) is 2.91. The summed E-state index contributed by atoms with van der Waals surface area (Å²) in [5, 5.41) is 0.496. The van der Waals surface area contributed by atoms with E-state index in [1.165, 1.54) is 18.2 Å². The highest BCUT2D eigenvalue weighted by molar-refractivity contribution is 7.92.